The lowest BCUT2D eigenvalue weighted by atomic mass is 9.95. The highest BCUT2D eigenvalue weighted by molar-refractivity contribution is 6.07. The fraction of sp³-hybridized carbons (Fsp3) is 0. The predicted octanol–water partition coefficient (Wildman–Crippen LogP) is 10.3. The van der Waals surface area contributed by atoms with Gasteiger partial charge in [0.2, 0.25) is 0 Å². The van der Waals surface area contributed by atoms with Gasteiger partial charge in [0.15, 0.2) is 0 Å². The van der Waals surface area contributed by atoms with E-state index in [1.165, 1.54) is 75.8 Å². The third-order valence-corrected chi connectivity index (χ3v) is 7.65. The van der Waals surface area contributed by atoms with Gasteiger partial charge >= 0.3 is 0 Å². The van der Waals surface area contributed by atoms with Crippen LogP contribution in [0.25, 0.3) is 75.8 Å². The molecule has 0 saturated heterocycles. The van der Waals surface area contributed by atoms with E-state index in [0.717, 1.165) is 0 Å². The van der Waals surface area contributed by atoms with Gasteiger partial charge in [-0.3, -0.25) is 0 Å². The summed E-state index contributed by atoms with van der Waals surface area (Å²) in [6.07, 6.45) is 0. The van der Waals surface area contributed by atoms with Gasteiger partial charge < -0.3 is 0 Å². The van der Waals surface area contributed by atoms with Gasteiger partial charge in [0.25, 0.3) is 0 Å². The zero-order valence-corrected chi connectivity index (χ0v) is 19.7. The fourth-order valence-corrected chi connectivity index (χ4v) is 5.74. The minimum atomic E-state index is 1.25. The van der Waals surface area contributed by atoms with E-state index < -0.39 is 0 Å². The SMILES string of the molecule is c1ccc2cc3cc4cc(-c5ccc6cc7cc8ccccc8cc7cc6c5)ccc4cc3cc2c1. The summed E-state index contributed by atoms with van der Waals surface area (Å²) in [4.78, 5) is 0. The molecular formula is C36H22. The zero-order chi connectivity index (χ0) is 23.6. The van der Waals surface area contributed by atoms with Crippen LogP contribution in [0, 0.1) is 0 Å². The van der Waals surface area contributed by atoms with Gasteiger partial charge in [-0.05, 0) is 136 Å². The van der Waals surface area contributed by atoms with Gasteiger partial charge in [-0.15, -0.1) is 0 Å². The van der Waals surface area contributed by atoms with E-state index in [0.29, 0.717) is 0 Å². The van der Waals surface area contributed by atoms with Gasteiger partial charge in [-0.25, -0.2) is 0 Å². The van der Waals surface area contributed by atoms with Gasteiger partial charge in [-0.2, -0.15) is 0 Å². The molecule has 36 heavy (non-hydrogen) atoms. The highest BCUT2D eigenvalue weighted by Gasteiger charge is 2.06. The Morgan fingerprint density at radius 2 is 0.444 bits per heavy atom. The maximum Gasteiger partial charge on any atom is -0.0171 e. The summed E-state index contributed by atoms with van der Waals surface area (Å²) in [7, 11) is 0. The molecule has 0 spiro atoms. The third-order valence-electron chi connectivity index (χ3n) is 7.65. The summed E-state index contributed by atoms with van der Waals surface area (Å²) >= 11 is 0. The van der Waals surface area contributed by atoms with E-state index in [1.54, 1.807) is 0 Å². The zero-order valence-electron chi connectivity index (χ0n) is 19.7. The Hall–Kier alpha value is -4.68. The molecule has 8 rings (SSSR count). The predicted molar refractivity (Wildman–Crippen MR) is 157 cm³/mol. The van der Waals surface area contributed by atoms with Gasteiger partial charge in [0.1, 0.15) is 0 Å². The number of hydrogen-bond acceptors (Lipinski definition) is 0. The molecule has 8 aromatic carbocycles. The van der Waals surface area contributed by atoms with Crippen molar-refractivity contribution >= 4 is 64.6 Å². The minimum absolute atomic E-state index is 1.25. The quantitative estimate of drug-likeness (QED) is 0.216. The van der Waals surface area contributed by atoms with Crippen molar-refractivity contribution in [1.82, 2.24) is 0 Å². The largest absolute Gasteiger partial charge is 0.0616 e. The van der Waals surface area contributed by atoms with E-state index in [1.807, 2.05) is 0 Å². The Balaban J connectivity index is 1.28. The first kappa shape index (κ1) is 19.6. The molecule has 166 valence electrons. The molecule has 0 N–H and O–H groups in total. The number of hydrogen-bond donors (Lipinski definition) is 0. The van der Waals surface area contributed by atoms with Crippen LogP contribution in [0.15, 0.2) is 133 Å². The maximum absolute atomic E-state index is 2.33. The molecule has 0 heterocycles. The summed E-state index contributed by atoms with van der Waals surface area (Å²) < 4.78 is 0. The van der Waals surface area contributed by atoms with Crippen LogP contribution in [-0.4, -0.2) is 0 Å². The average Bonchev–Trinajstić information content (AvgIpc) is 2.92. The van der Waals surface area contributed by atoms with Crippen LogP contribution in [-0.2, 0) is 0 Å². The van der Waals surface area contributed by atoms with Crippen molar-refractivity contribution < 1.29 is 0 Å². The first-order valence-corrected chi connectivity index (χ1v) is 12.5. The maximum atomic E-state index is 2.33. The lowest BCUT2D eigenvalue weighted by Gasteiger charge is -2.10. The lowest BCUT2D eigenvalue weighted by Crippen LogP contribution is -1.83. The number of benzene rings is 8. The Morgan fingerprint density at radius 3 is 0.778 bits per heavy atom. The molecule has 0 unspecified atom stereocenters. The van der Waals surface area contributed by atoms with E-state index in [4.69, 9.17) is 0 Å². The van der Waals surface area contributed by atoms with Crippen molar-refractivity contribution in [2.75, 3.05) is 0 Å². The van der Waals surface area contributed by atoms with Crippen molar-refractivity contribution in [2.24, 2.45) is 0 Å². The molecule has 0 aliphatic carbocycles. The summed E-state index contributed by atoms with van der Waals surface area (Å²) in [6.45, 7) is 0. The van der Waals surface area contributed by atoms with Crippen LogP contribution >= 0.6 is 0 Å². The second-order valence-electron chi connectivity index (χ2n) is 9.92. The van der Waals surface area contributed by atoms with E-state index >= 15 is 0 Å². The molecule has 0 aliphatic rings. The van der Waals surface area contributed by atoms with Crippen LogP contribution < -0.4 is 0 Å². The first-order chi connectivity index (χ1) is 17.8. The van der Waals surface area contributed by atoms with Crippen LogP contribution in [0.4, 0.5) is 0 Å². The van der Waals surface area contributed by atoms with Crippen molar-refractivity contribution in [3.63, 3.8) is 0 Å². The highest BCUT2D eigenvalue weighted by atomic mass is 14.1. The molecule has 0 aliphatic heterocycles. The lowest BCUT2D eigenvalue weighted by molar-refractivity contribution is 1.69. The van der Waals surface area contributed by atoms with Crippen molar-refractivity contribution in [2.45, 2.75) is 0 Å². The summed E-state index contributed by atoms with van der Waals surface area (Å²) in [6, 6.07) is 49.4. The van der Waals surface area contributed by atoms with Crippen LogP contribution in [0.1, 0.15) is 0 Å². The smallest absolute Gasteiger partial charge is 0.0171 e. The second kappa shape index (κ2) is 7.41. The summed E-state index contributed by atoms with van der Waals surface area (Å²) in [5.41, 5.74) is 2.51. The molecule has 0 radical (unpaired) electrons. The van der Waals surface area contributed by atoms with Gasteiger partial charge in [0, 0.05) is 0 Å². The molecule has 0 atom stereocenters. The summed E-state index contributed by atoms with van der Waals surface area (Å²) in [5, 5.41) is 15.4. The Bertz CT molecular complexity index is 1990. The molecule has 0 fully saturated rings. The minimum Gasteiger partial charge on any atom is -0.0616 e. The number of rotatable bonds is 1. The Morgan fingerprint density at radius 1 is 0.194 bits per heavy atom. The molecule has 0 saturated carbocycles. The average molecular weight is 455 g/mol. The molecule has 0 heteroatoms. The molecule has 0 nitrogen and oxygen atoms in total. The van der Waals surface area contributed by atoms with Crippen LogP contribution in [0.5, 0.6) is 0 Å². The normalized spacial score (nSPS) is 11.9. The van der Waals surface area contributed by atoms with E-state index in [9.17, 15) is 0 Å². The Kier molecular flexibility index (Phi) is 4.03. The van der Waals surface area contributed by atoms with Crippen molar-refractivity contribution in [3.05, 3.63) is 133 Å². The molecule has 0 aromatic heterocycles. The Labute approximate surface area is 209 Å². The van der Waals surface area contributed by atoms with Crippen molar-refractivity contribution in [1.29, 1.82) is 0 Å². The molecule has 8 aromatic rings. The van der Waals surface area contributed by atoms with E-state index in [-0.39, 0.29) is 0 Å². The third kappa shape index (κ3) is 3.08. The standard InChI is InChI=1S/C36H22/c1-3-7-25-15-35-21-31-17-27(9-11-29(31)19-33(35)13-23(25)5-1)28-10-12-30-20-34-14-24-6-2-4-8-26(24)16-36(34)22-32(30)18-28/h1-22H. The van der Waals surface area contributed by atoms with Gasteiger partial charge in [-0.1, -0.05) is 72.8 Å². The molecular weight excluding hydrogens is 432 g/mol. The van der Waals surface area contributed by atoms with Crippen molar-refractivity contribution in [3.8, 4) is 11.1 Å². The molecule has 0 amide bonds. The highest BCUT2D eigenvalue weighted by Crippen LogP contribution is 2.33. The molecule has 0 bridgehead atoms. The fourth-order valence-electron chi connectivity index (χ4n) is 5.74. The van der Waals surface area contributed by atoms with Crippen LogP contribution in [0.3, 0.4) is 0 Å². The van der Waals surface area contributed by atoms with Crippen LogP contribution in [0.2, 0.25) is 0 Å². The second-order valence-corrected chi connectivity index (χ2v) is 9.92. The first-order valence-electron chi connectivity index (χ1n) is 12.5. The number of fused-ring (bicyclic) bond motifs is 6. The topological polar surface area (TPSA) is 0 Å². The van der Waals surface area contributed by atoms with E-state index in [2.05, 4.69) is 133 Å². The van der Waals surface area contributed by atoms with Gasteiger partial charge in [0.05, 0.1) is 0 Å². The monoisotopic (exact) mass is 454 g/mol. The summed E-state index contributed by atoms with van der Waals surface area (Å²) in [5.74, 6) is 0.